The maximum Gasteiger partial charge on any atom is 0.243 e. The van der Waals surface area contributed by atoms with E-state index in [0.717, 1.165) is 12.0 Å². The van der Waals surface area contributed by atoms with Crippen LogP contribution in [0, 0.1) is 0 Å². The van der Waals surface area contributed by atoms with E-state index in [0.29, 0.717) is 48.2 Å². The number of nitrogens with zero attached hydrogens (tertiary/aromatic N) is 2. The summed E-state index contributed by atoms with van der Waals surface area (Å²) in [6.45, 7) is 9.17. The van der Waals surface area contributed by atoms with E-state index in [4.69, 9.17) is 0 Å². The summed E-state index contributed by atoms with van der Waals surface area (Å²) in [7, 11) is -3.56. The Kier molecular flexibility index (Phi) is 8.05. The van der Waals surface area contributed by atoms with Gasteiger partial charge >= 0.3 is 0 Å². The molecule has 0 bridgehead atoms. The molecule has 1 amide bonds. The van der Waals surface area contributed by atoms with Gasteiger partial charge in [-0.25, -0.2) is 8.42 Å². The molecule has 2 atom stereocenters. The van der Waals surface area contributed by atoms with Gasteiger partial charge in [0.1, 0.15) is 0 Å². The molecule has 0 unspecified atom stereocenters. The van der Waals surface area contributed by atoms with Crippen molar-refractivity contribution in [1.82, 2.24) is 9.21 Å². The lowest BCUT2D eigenvalue weighted by atomic mass is 9.99. The van der Waals surface area contributed by atoms with E-state index in [1.807, 2.05) is 24.0 Å². The van der Waals surface area contributed by atoms with E-state index in [-0.39, 0.29) is 11.7 Å². The van der Waals surface area contributed by atoms with E-state index in [9.17, 15) is 18.0 Å². The third-order valence-electron chi connectivity index (χ3n) is 6.46. The first kappa shape index (κ1) is 25.1. The van der Waals surface area contributed by atoms with Crippen LogP contribution in [0.4, 0.5) is 5.69 Å². The first-order valence-corrected chi connectivity index (χ1v) is 12.8. The number of anilines is 1. The Bertz CT molecular complexity index is 1070. The van der Waals surface area contributed by atoms with Gasteiger partial charge in [-0.1, -0.05) is 26.0 Å². The second-order valence-corrected chi connectivity index (χ2v) is 10.6. The molecular formula is C25H33N3O4S. The fourth-order valence-electron chi connectivity index (χ4n) is 3.89. The highest BCUT2D eigenvalue weighted by Crippen LogP contribution is 2.23. The second-order valence-electron chi connectivity index (χ2n) is 8.62. The number of amides is 1. The van der Waals surface area contributed by atoms with Gasteiger partial charge in [0.2, 0.25) is 15.9 Å². The van der Waals surface area contributed by atoms with Gasteiger partial charge in [0, 0.05) is 37.4 Å². The number of ketones is 1. The Morgan fingerprint density at radius 3 is 2.03 bits per heavy atom. The van der Waals surface area contributed by atoms with Crippen LogP contribution in [0.5, 0.6) is 0 Å². The van der Waals surface area contributed by atoms with Gasteiger partial charge in [0.25, 0.3) is 0 Å². The zero-order valence-electron chi connectivity index (χ0n) is 19.7. The topological polar surface area (TPSA) is 86.8 Å². The van der Waals surface area contributed by atoms with Gasteiger partial charge in [0.15, 0.2) is 5.78 Å². The molecule has 8 heteroatoms. The summed E-state index contributed by atoms with van der Waals surface area (Å²) in [6.07, 6.45) is 1.00. The summed E-state index contributed by atoms with van der Waals surface area (Å²) >= 11 is 0. The maximum atomic E-state index is 13.1. The van der Waals surface area contributed by atoms with Crippen LogP contribution < -0.4 is 5.32 Å². The van der Waals surface area contributed by atoms with Crippen molar-refractivity contribution in [3.8, 4) is 0 Å². The van der Waals surface area contributed by atoms with Crippen LogP contribution >= 0.6 is 0 Å². The van der Waals surface area contributed by atoms with Crippen LogP contribution in [0.2, 0.25) is 0 Å². The SMILES string of the molecule is CC[C@@H](C)c1ccc(S(=O)(=O)N2CCN([C@@H](C)C(=O)Nc3ccc(C(C)=O)cc3)CC2)cc1. The van der Waals surface area contributed by atoms with Crippen molar-refractivity contribution in [2.45, 2.75) is 51.0 Å². The predicted molar refractivity (Wildman–Crippen MR) is 130 cm³/mol. The fraction of sp³-hybridized carbons (Fsp3) is 0.440. The lowest BCUT2D eigenvalue weighted by Gasteiger charge is -2.36. The number of Topliss-reactive ketones (excluding diaryl/α,β-unsaturated/α-hetero) is 1. The molecule has 33 heavy (non-hydrogen) atoms. The molecule has 3 rings (SSSR count). The molecule has 2 aromatic carbocycles. The number of benzene rings is 2. The first-order valence-electron chi connectivity index (χ1n) is 11.4. The number of carbonyl (C=O) groups excluding carboxylic acids is 2. The van der Waals surface area contributed by atoms with Gasteiger partial charge in [-0.2, -0.15) is 4.31 Å². The summed E-state index contributed by atoms with van der Waals surface area (Å²) in [5.41, 5.74) is 2.35. The summed E-state index contributed by atoms with van der Waals surface area (Å²) in [6, 6.07) is 13.5. The molecule has 0 spiro atoms. The molecule has 0 aliphatic carbocycles. The molecule has 1 fully saturated rings. The minimum Gasteiger partial charge on any atom is -0.325 e. The molecule has 0 radical (unpaired) electrons. The van der Waals surface area contributed by atoms with E-state index >= 15 is 0 Å². The Labute approximate surface area is 196 Å². The summed E-state index contributed by atoms with van der Waals surface area (Å²) in [5, 5.41) is 2.87. The smallest absolute Gasteiger partial charge is 0.243 e. The highest BCUT2D eigenvalue weighted by atomic mass is 32.2. The number of hydrogen-bond acceptors (Lipinski definition) is 5. The quantitative estimate of drug-likeness (QED) is 0.593. The lowest BCUT2D eigenvalue weighted by molar-refractivity contribution is -0.121. The Balaban J connectivity index is 1.57. The summed E-state index contributed by atoms with van der Waals surface area (Å²) in [5.74, 6) is 0.202. The Morgan fingerprint density at radius 1 is 0.939 bits per heavy atom. The predicted octanol–water partition coefficient (Wildman–Crippen LogP) is 3.74. The lowest BCUT2D eigenvalue weighted by Crippen LogP contribution is -2.53. The molecule has 1 aliphatic heterocycles. The third kappa shape index (κ3) is 5.88. The van der Waals surface area contributed by atoms with Crippen molar-refractivity contribution >= 4 is 27.4 Å². The minimum absolute atomic E-state index is 0.0273. The van der Waals surface area contributed by atoms with Crippen molar-refractivity contribution in [2.75, 3.05) is 31.5 Å². The van der Waals surface area contributed by atoms with Gasteiger partial charge in [-0.15, -0.1) is 0 Å². The average molecular weight is 472 g/mol. The normalized spacial score (nSPS) is 17.3. The molecule has 2 aromatic rings. The van der Waals surface area contributed by atoms with Crippen LogP contribution in [0.25, 0.3) is 0 Å². The molecular weight excluding hydrogens is 438 g/mol. The number of rotatable bonds is 8. The van der Waals surface area contributed by atoms with E-state index < -0.39 is 16.1 Å². The van der Waals surface area contributed by atoms with Crippen LogP contribution in [-0.4, -0.2) is 61.5 Å². The largest absolute Gasteiger partial charge is 0.325 e. The maximum absolute atomic E-state index is 13.1. The molecule has 1 aliphatic rings. The van der Waals surface area contributed by atoms with Crippen LogP contribution in [0.15, 0.2) is 53.4 Å². The highest BCUT2D eigenvalue weighted by Gasteiger charge is 2.31. The summed E-state index contributed by atoms with van der Waals surface area (Å²) in [4.78, 5) is 26.4. The number of nitrogens with one attached hydrogen (secondary N) is 1. The van der Waals surface area contributed by atoms with Crippen LogP contribution in [-0.2, 0) is 14.8 Å². The number of hydrogen-bond donors (Lipinski definition) is 1. The van der Waals surface area contributed by atoms with E-state index in [1.54, 1.807) is 36.4 Å². The molecule has 0 aromatic heterocycles. The monoisotopic (exact) mass is 471 g/mol. The highest BCUT2D eigenvalue weighted by molar-refractivity contribution is 7.89. The zero-order valence-corrected chi connectivity index (χ0v) is 20.6. The molecule has 7 nitrogen and oxygen atoms in total. The van der Waals surface area contributed by atoms with Gasteiger partial charge in [-0.05, 0) is 68.1 Å². The average Bonchev–Trinajstić information content (AvgIpc) is 2.83. The van der Waals surface area contributed by atoms with Crippen molar-refractivity contribution in [3.05, 3.63) is 59.7 Å². The molecule has 1 saturated heterocycles. The standard InChI is InChI=1S/C25H33N3O4S/c1-5-18(2)21-8-12-24(13-9-21)33(31,32)28-16-14-27(15-17-28)19(3)25(30)26-23-10-6-22(7-11-23)20(4)29/h6-13,18-19H,5,14-17H2,1-4H3,(H,26,30)/t18-,19+/m1/s1. The molecule has 178 valence electrons. The second kappa shape index (κ2) is 10.6. The van der Waals surface area contributed by atoms with Crippen molar-refractivity contribution in [3.63, 3.8) is 0 Å². The number of piperazine rings is 1. The minimum atomic E-state index is -3.56. The molecule has 1 heterocycles. The zero-order chi connectivity index (χ0) is 24.2. The van der Waals surface area contributed by atoms with E-state index in [2.05, 4.69) is 19.2 Å². The van der Waals surface area contributed by atoms with Crippen molar-refractivity contribution in [2.24, 2.45) is 0 Å². The van der Waals surface area contributed by atoms with Crippen molar-refractivity contribution < 1.29 is 18.0 Å². The number of sulfonamides is 1. The van der Waals surface area contributed by atoms with Gasteiger partial charge < -0.3 is 5.32 Å². The van der Waals surface area contributed by atoms with E-state index in [1.165, 1.54) is 11.2 Å². The fourth-order valence-corrected chi connectivity index (χ4v) is 5.31. The van der Waals surface area contributed by atoms with Crippen LogP contribution in [0.3, 0.4) is 0 Å². The first-order chi connectivity index (χ1) is 15.6. The Morgan fingerprint density at radius 2 is 1.52 bits per heavy atom. The van der Waals surface area contributed by atoms with Crippen molar-refractivity contribution in [1.29, 1.82) is 0 Å². The molecule has 1 N–H and O–H groups in total. The molecule has 0 saturated carbocycles. The van der Waals surface area contributed by atoms with Gasteiger partial charge in [-0.3, -0.25) is 14.5 Å². The van der Waals surface area contributed by atoms with Gasteiger partial charge in [0.05, 0.1) is 10.9 Å². The summed E-state index contributed by atoms with van der Waals surface area (Å²) < 4.78 is 27.6. The third-order valence-corrected chi connectivity index (χ3v) is 8.37. The van der Waals surface area contributed by atoms with Crippen LogP contribution in [0.1, 0.15) is 56.0 Å². The Hall–Kier alpha value is -2.55. The number of carbonyl (C=O) groups is 2.